The lowest BCUT2D eigenvalue weighted by Crippen LogP contribution is -2.47. The fourth-order valence-corrected chi connectivity index (χ4v) is 3.98. The highest BCUT2D eigenvalue weighted by molar-refractivity contribution is 9.11. The quantitative estimate of drug-likeness (QED) is 0.800. The second-order valence-electron chi connectivity index (χ2n) is 5.01. The molecular formula is C11H17BrN2. The largest absolute Gasteiger partial charge is 0.312 e. The van der Waals surface area contributed by atoms with Gasteiger partial charge in [-0.1, -0.05) is 22.5 Å². The first-order valence-electron chi connectivity index (χ1n) is 5.56. The van der Waals surface area contributed by atoms with Gasteiger partial charge < -0.3 is 10.6 Å². The molecule has 2 N–H and O–H groups in total. The minimum absolute atomic E-state index is 0.702. The Morgan fingerprint density at radius 2 is 2.29 bits per heavy atom. The maximum Gasteiger partial charge on any atom is 0.0269 e. The molecule has 0 aromatic heterocycles. The second-order valence-corrected chi connectivity index (χ2v) is 6.13. The van der Waals surface area contributed by atoms with Gasteiger partial charge in [-0.3, -0.25) is 0 Å². The van der Waals surface area contributed by atoms with E-state index in [9.17, 15) is 0 Å². The van der Waals surface area contributed by atoms with E-state index < -0.39 is 0 Å². The summed E-state index contributed by atoms with van der Waals surface area (Å²) >= 11 is 3.41. The van der Waals surface area contributed by atoms with E-state index >= 15 is 0 Å². The maximum absolute atomic E-state index is 3.87. The molecule has 0 spiro atoms. The van der Waals surface area contributed by atoms with Gasteiger partial charge in [0.25, 0.3) is 0 Å². The summed E-state index contributed by atoms with van der Waals surface area (Å²) in [6.07, 6.45) is 2.90. The van der Waals surface area contributed by atoms with Crippen LogP contribution in [0.25, 0.3) is 0 Å². The summed E-state index contributed by atoms with van der Waals surface area (Å²) in [5.74, 6) is 2.90. The van der Waals surface area contributed by atoms with Crippen LogP contribution in [0.3, 0.4) is 0 Å². The lowest BCUT2D eigenvalue weighted by molar-refractivity contribution is 0.304. The van der Waals surface area contributed by atoms with Crippen LogP contribution in [-0.4, -0.2) is 25.2 Å². The van der Waals surface area contributed by atoms with Crippen LogP contribution in [0, 0.1) is 17.8 Å². The van der Waals surface area contributed by atoms with E-state index in [-0.39, 0.29) is 0 Å². The average molecular weight is 257 g/mol. The highest BCUT2D eigenvalue weighted by Crippen LogP contribution is 2.51. The van der Waals surface area contributed by atoms with Crippen molar-refractivity contribution in [2.45, 2.75) is 24.9 Å². The van der Waals surface area contributed by atoms with E-state index in [1.54, 1.807) is 0 Å². The Balaban J connectivity index is 1.68. The third-order valence-electron chi connectivity index (χ3n) is 4.29. The van der Waals surface area contributed by atoms with Gasteiger partial charge in [0.15, 0.2) is 0 Å². The van der Waals surface area contributed by atoms with Crippen molar-refractivity contribution in [3.8, 4) is 0 Å². The van der Waals surface area contributed by atoms with Gasteiger partial charge in [-0.05, 0) is 37.1 Å². The predicted molar refractivity (Wildman–Crippen MR) is 61.4 cm³/mol. The Morgan fingerprint density at radius 1 is 1.43 bits per heavy atom. The Bertz CT molecular complexity index is 264. The van der Waals surface area contributed by atoms with Gasteiger partial charge in [0.1, 0.15) is 0 Å². The van der Waals surface area contributed by atoms with Crippen LogP contribution in [-0.2, 0) is 0 Å². The summed E-state index contributed by atoms with van der Waals surface area (Å²) in [7, 11) is 0. The highest BCUT2D eigenvalue weighted by Gasteiger charge is 2.55. The lowest BCUT2D eigenvalue weighted by atomic mass is 9.86. The molecule has 2 bridgehead atoms. The van der Waals surface area contributed by atoms with Crippen molar-refractivity contribution in [2.24, 2.45) is 17.8 Å². The molecule has 0 aromatic rings. The minimum atomic E-state index is 0.702. The summed E-state index contributed by atoms with van der Waals surface area (Å²) in [6, 6.07) is 1.46. The van der Waals surface area contributed by atoms with Gasteiger partial charge >= 0.3 is 0 Å². The fraction of sp³-hybridized carbons (Fsp3) is 0.818. The molecule has 0 radical (unpaired) electrons. The van der Waals surface area contributed by atoms with Gasteiger partial charge in [-0.15, -0.1) is 0 Å². The minimum Gasteiger partial charge on any atom is -0.312 e. The van der Waals surface area contributed by atoms with Crippen molar-refractivity contribution in [2.75, 3.05) is 13.1 Å². The van der Waals surface area contributed by atoms with Crippen LogP contribution < -0.4 is 10.6 Å². The van der Waals surface area contributed by atoms with Crippen LogP contribution in [0.15, 0.2) is 11.1 Å². The van der Waals surface area contributed by atoms with Crippen LogP contribution in [0.1, 0.15) is 12.8 Å². The lowest BCUT2D eigenvalue weighted by Gasteiger charge is -2.28. The standard InChI is InChI=1S/C11H17BrN2/c1-6(12)4-13-10-7-2-8-5-14-11(10)9(8)3-7/h7-11,13-14H,1-5H2. The SMILES string of the molecule is C=C(Br)CNC1C2CC3CNC1C3C2. The molecule has 2 aliphatic carbocycles. The Labute approximate surface area is 93.6 Å². The normalized spacial score (nSPS) is 48.8. The van der Waals surface area contributed by atoms with Crippen molar-refractivity contribution < 1.29 is 0 Å². The van der Waals surface area contributed by atoms with E-state index in [0.29, 0.717) is 6.04 Å². The van der Waals surface area contributed by atoms with Gasteiger partial charge in [0, 0.05) is 23.1 Å². The van der Waals surface area contributed by atoms with E-state index in [0.717, 1.165) is 34.8 Å². The van der Waals surface area contributed by atoms with E-state index in [2.05, 4.69) is 33.1 Å². The molecule has 0 amide bonds. The molecule has 2 saturated carbocycles. The van der Waals surface area contributed by atoms with Gasteiger partial charge in [0.2, 0.25) is 0 Å². The Hall–Kier alpha value is 0.140. The Kier molecular flexibility index (Phi) is 2.22. The van der Waals surface area contributed by atoms with Gasteiger partial charge in [-0.2, -0.15) is 0 Å². The number of hydrogen-bond acceptors (Lipinski definition) is 2. The molecule has 5 unspecified atom stereocenters. The topological polar surface area (TPSA) is 24.1 Å². The molecule has 3 heteroatoms. The summed E-state index contributed by atoms with van der Waals surface area (Å²) in [5.41, 5.74) is 0. The van der Waals surface area contributed by atoms with Crippen LogP contribution in [0.5, 0.6) is 0 Å². The van der Waals surface area contributed by atoms with E-state index in [4.69, 9.17) is 0 Å². The molecule has 78 valence electrons. The maximum atomic E-state index is 3.87. The average Bonchev–Trinajstić information content (AvgIpc) is 2.70. The number of halogens is 1. The molecule has 1 saturated heterocycles. The zero-order valence-corrected chi connectivity index (χ0v) is 9.89. The van der Waals surface area contributed by atoms with Gasteiger partial charge in [-0.25, -0.2) is 0 Å². The smallest absolute Gasteiger partial charge is 0.0269 e. The number of hydrogen-bond donors (Lipinski definition) is 2. The zero-order chi connectivity index (χ0) is 9.71. The number of nitrogens with one attached hydrogen (secondary N) is 2. The first-order valence-corrected chi connectivity index (χ1v) is 6.35. The molecule has 3 aliphatic rings. The Morgan fingerprint density at radius 3 is 3.07 bits per heavy atom. The van der Waals surface area contributed by atoms with Crippen molar-refractivity contribution in [1.82, 2.24) is 10.6 Å². The molecule has 3 rings (SSSR count). The highest BCUT2D eigenvalue weighted by atomic mass is 79.9. The van der Waals surface area contributed by atoms with E-state index in [1.165, 1.54) is 19.4 Å². The molecule has 0 aromatic carbocycles. The van der Waals surface area contributed by atoms with Gasteiger partial charge in [0.05, 0.1) is 0 Å². The fourth-order valence-electron chi connectivity index (χ4n) is 3.82. The van der Waals surface area contributed by atoms with Crippen molar-refractivity contribution >= 4 is 15.9 Å². The first-order chi connectivity index (χ1) is 6.75. The van der Waals surface area contributed by atoms with Crippen molar-refractivity contribution in [1.29, 1.82) is 0 Å². The predicted octanol–water partition coefficient (Wildman–Crippen LogP) is 1.48. The summed E-state index contributed by atoms with van der Waals surface area (Å²) in [5, 5.41) is 7.31. The molecule has 1 aliphatic heterocycles. The zero-order valence-electron chi connectivity index (χ0n) is 8.30. The molecule has 14 heavy (non-hydrogen) atoms. The molecule has 3 fully saturated rings. The number of fused-ring (bicyclic) bond motifs is 1. The first kappa shape index (κ1) is 9.37. The van der Waals surface area contributed by atoms with Crippen LogP contribution >= 0.6 is 15.9 Å². The monoisotopic (exact) mass is 256 g/mol. The van der Waals surface area contributed by atoms with E-state index in [1.807, 2.05) is 0 Å². The summed E-state index contributed by atoms with van der Waals surface area (Å²) in [4.78, 5) is 0. The number of rotatable bonds is 3. The third-order valence-corrected chi connectivity index (χ3v) is 4.57. The van der Waals surface area contributed by atoms with Crippen LogP contribution in [0.4, 0.5) is 0 Å². The third kappa shape index (κ3) is 1.29. The molecular weight excluding hydrogens is 240 g/mol. The molecule has 5 atom stereocenters. The van der Waals surface area contributed by atoms with Crippen LogP contribution in [0.2, 0.25) is 0 Å². The van der Waals surface area contributed by atoms with Crippen molar-refractivity contribution in [3.63, 3.8) is 0 Å². The van der Waals surface area contributed by atoms with Crippen molar-refractivity contribution in [3.05, 3.63) is 11.1 Å². The second kappa shape index (κ2) is 3.32. The molecule has 2 nitrogen and oxygen atoms in total. The molecule has 1 heterocycles. The summed E-state index contributed by atoms with van der Waals surface area (Å²) < 4.78 is 1.06. The summed E-state index contributed by atoms with van der Waals surface area (Å²) in [6.45, 7) is 6.05.